The van der Waals surface area contributed by atoms with Crippen molar-refractivity contribution in [3.8, 4) is 5.88 Å². The molecule has 1 aliphatic heterocycles. The van der Waals surface area contributed by atoms with Crippen LogP contribution in [0.25, 0.3) is 0 Å². The third kappa shape index (κ3) is 5.92. The summed E-state index contributed by atoms with van der Waals surface area (Å²) in [5, 5.41) is 3.31. The van der Waals surface area contributed by atoms with Crippen LogP contribution in [0.15, 0.2) is 36.5 Å². The molecule has 1 N–H and O–H groups in total. The van der Waals surface area contributed by atoms with E-state index in [-0.39, 0.29) is 24.2 Å². The number of aromatic nitrogens is 1. The third-order valence-corrected chi connectivity index (χ3v) is 4.84. The summed E-state index contributed by atoms with van der Waals surface area (Å²) in [6.07, 6.45) is 1.82. The SMILES string of the molecule is CC(C)Oc1ncc(C(=O)Nc2ccccc2CN2CC(C)OC(C)C2)cc1Cl. The van der Waals surface area contributed by atoms with Gasteiger partial charge in [0.05, 0.1) is 23.9 Å². The van der Waals surface area contributed by atoms with Crippen LogP contribution in [0.5, 0.6) is 5.88 Å². The molecular weight excluding hydrogens is 390 g/mol. The highest BCUT2D eigenvalue weighted by molar-refractivity contribution is 6.32. The van der Waals surface area contributed by atoms with Gasteiger partial charge in [-0.05, 0) is 45.4 Å². The number of rotatable bonds is 6. The lowest BCUT2D eigenvalue weighted by atomic mass is 10.1. The fourth-order valence-corrected chi connectivity index (χ4v) is 3.70. The summed E-state index contributed by atoms with van der Waals surface area (Å²) in [5.41, 5.74) is 2.22. The second-order valence-electron chi connectivity index (χ2n) is 7.74. The molecule has 0 radical (unpaired) electrons. The average molecular weight is 418 g/mol. The van der Waals surface area contributed by atoms with E-state index >= 15 is 0 Å². The van der Waals surface area contributed by atoms with E-state index < -0.39 is 0 Å². The molecule has 1 aliphatic rings. The fourth-order valence-electron chi connectivity index (χ4n) is 3.49. The van der Waals surface area contributed by atoms with Crippen molar-refractivity contribution in [2.24, 2.45) is 0 Å². The standard InChI is InChI=1S/C22H28ClN3O3/c1-14(2)28-22-19(23)9-18(10-24-22)21(27)25-20-8-6-5-7-17(20)13-26-11-15(3)29-16(4)12-26/h5-10,14-16H,11-13H2,1-4H3,(H,25,27). The number of ether oxygens (including phenoxy) is 2. The summed E-state index contributed by atoms with van der Waals surface area (Å²) in [6, 6.07) is 9.41. The summed E-state index contributed by atoms with van der Waals surface area (Å²) in [7, 11) is 0. The number of hydrogen-bond donors (Lipinski definition) is 1. The molecule has 2 unspecified atom stereocenters. The quantitative estimate of drug-likeness (QED) is 0.755. The van der Waals surface area contributed by atoms with Crippen molar-refractivity contribution in [1.82, 2.24) is 9.88 Å². The van der Waals surface area contributed by atoms with Crippen LogP contribution >= 0.6 is 11.6 Å². The van der Waals surface area contributed by atoms with E-state index in [4.69, 9.17) is 21.1 Å². The fraction of sp³-hybridized carbons (Fsp3) is 0.455. The second-order valence-corrected chi connectivity index (χ2v) is 8.15. The Morgan fingerprint density at radius 2 is 2.00 bits per heavy atom. The largest absolute Gasteiger partial charge is 0.474 e. The first-order valence-corrected chi connectivity index (χ1v) is 10.3. The van der Waals surface area contributed by atoms with Crippen molar-refractivity contribution in [1.29, 1.82) is 0 Å². The van der Waals surface area contributed by atoms with Gasteiger partial charge in [0.15, 0.2) is 0 Å². The first kappa shape index (κ1) is 21.6. The van der Waals surface area contributed by atoms with Crippen LogP contribution < -0.4 is 10.1 Å². The van der Waals surface area contributed by atoms with Crippen LogP contribution in [-0.2, 0) is 11.3 Å². The van der Waals surface area contributed by atoms with Gasteiger partial charge in [0.25, 0.3) is 5.91 Å². The molecule has 1 fully saturated rings. The molecule has 6 nitrogen and oxygen atoms in total. The lowest BCUT2D eigenvalue weighted by molar-refractivity contribution is -0.0704. The number of nitrogens with zero attached hydrogens (tertiary/aromatic N) is 2. The molecule has 1 amide bonds. The highest BCUT2D eigenvalue weighted by atomic mass is 35.5. The van der Waals surface area contributed by atoms with Gasteiger partial charge in [-0.2, -0.15) is 0 Å². The molecule has 0 bridgehead atoms. The molecule has 2 aromatic rings. The molecule has 3 rings (SSSR count). The lowest BCUT2D eigenvalue weighted by Crippen LogP contribution is -2.44. The highest BCUT2D eigenvalue weighted by Crippen LogP contribution is 2.25. The number of hydrogen-bond acceptors (Lipinski definition) is 5. The van der Waals surface area contributed by atoms with Crippen molar-refractivity contribution >= 4 is 23.2 Å². The van der Waals surface area contributed by atoms with Crippen molar-refractivity contribution in [3.63, 3.8) is 0 Å². The molecule has 0 spiro atoms. The van der Waals surface area contributed by atoms with Crippen LogP contribution in [0, 0.1) is 0 Å². The van der Waals surface area contributed by atoms with Gasteiger partial charge >= 0.3 is 0 Å². The zero-order valence-electron chi connectivity index (χ0n) is 17.3. The molecule has 2 heterocycles. The minimum absolute atomic E-state index is 0.0443. The number of carbonyl (C=O) groups excluding carboxylic acids is 1. The number of benzene rings is 1. The van der Waals surface area contributed by atoms with Gasteiger partial charge in [0.2, 0.25) is 5.88 Å². The van der Waals surface area contributed by atoms with Crippen LogP contribution in [0.1, 0.15) is 43.6 Å². The van der Waals surface area contributed by atoms with Crippen molar-refractivity contribution < 1.29 is 14.3 Å². The van der Waals surface area contributed by atoms with Crippen molar-refractivity contribution in [2.75, 3.05) is 18.4 Å². The second kappa shape index (κ2) is 9.57. The molecule has 156 valence electrons. The molecule has 0 saturated carbocycles. The van der Waals surface area contributed by atoms with Crippen LogP contribution in [0.2, 0.25) is 5.02 Å². The number of halogens is 1. The van der Waals surface area contributed by atoms with Gasteiger partial charge in [-0.3, -0.25) is 9.69 Å². The summed E-state index contributed by atoms with van der Waals surface area (Å²) >= 11 is 6.22. The number of morpholine rings is 1. The Balaban J connectivity index is 1.72. The van der Waals surface area contributed by atoms with Gasteiger partial charge < -0.3 is 14.8 Å². The molecular formula is C22H28ClN3O3. The summed E-state index contributed by atoms with van der Waals surface area (Å²) in [5.74, 6) is 0.0702. The number of amides is 1. The van der Waals surface area contributed by atoms with Gasteiger partial charge in [-0.15, -0.1) is 0 Å². The Hall–Kier alpha value is -2.15. The maximum absolute atomic E-state index is 12.8. The monoisotopic (exact) mass is 417 g/mol. The van der Waals surface area contributed by atoms with E-state index in [9.17, 15) is 4.79 Å². The summed E-state index contributed by atoms with van der Waals surface area (Å²) in [6.45, 7) is 10.4. The van der Waals surface area contributed by atoms with Crippen LogP contribution in [0.3, 0.4) is 0 Å². The van der Waals surface area contributed by atoms with E-state index in [0.717, 1.165) is 30.9 Å². The number of pyridine rings is 1. The lowest BCUT2D eigenvalue weighted by Gasteiger charge is -2.35. The highest BCUT2D eigenvalue weighted by Gasteiger charge is 2.23. The number of para-hydroxylation sites is 1. The Labute approximate surface area is 177 Å². The molecule has 29 heavy (non-hydrogen) atoms. The first-order valence-electron chi connectivity index (χ1n) is 9.91. The summed E-state index contributed by atoms with van der Waals surface area (Å²) in [4.78, 5) is 19.3. The van der Waals surface area contributed by atoms with Crippen LogP contribution in [0.4, 0.5) is 5.69 Å². The predicted octanol–water partition coefficient (Wildman–Crippen LogP) is 4.38. The molecule has 1 aromatic heterocycles. The Morgan fingerprint density at radius 3 is 2.66 bits per heavy atom. The van der Waals surface area contributed by atoms with Crippen LogP contribution in [-0.4, -0.2) is 47.2 Å². The number of carbonyl (C=O) groups is 1. The molecule has 1 saturated heterocycles. The van der Waals surface area contributed by atoms with E-state index in [1.165, 1.54) is 6.20 Å². The Bertz CT molecular complexity index is 849. The Morgan fingerprint density at radius 1 is 1.31 bits per heavy atom. The summed E-state index contributed by atoms with van der Waals surface area (Å²) < 4.78 is 11.3. The smallest absolute Gasteiger partial charge is 0.257 e. The predicted molar refractivity (Wildman–Crippen MR) is 115 cm³/mol. The normalized spacial score (nSPS) is 19.9. The van der Waals surface area contributed by atoms with Gasteiger partial charge in [-0.1, -0.05) is 29.8 Å². The topological polar surface area (TPSA) is 63.7 Å². The van der Waals surface area contributed by atoms with Gasteiger partial charge in [0, 0.05) is 31.5 Å². The van der Waals surface area contributed by atoms with E-state index in [0.29, 0.717) is 16.5 Å². The van der Waals surface area contributed by atoms with Gasteiger partial charge in [-0.25, -0.2) is 4.98 Å². The van der Waals surface area contributed by atoms with E-state index in [1.54, 1.807) is 6.07 Å². The minimum atomic E-state index is -0.258. The molecule has 7 heteroatoms. The first-order chi connectivity index (χ1) is 13.8. The number of anilines is 1. The van der Waals surface area contributed by atoms with Gasteiger partial charge in [0.1, 0.15) is 5.02 Å². The van der Waals surface area contributed by atoms with Crippen molar-refractivity contribution in [3.05, 3.63) is 52.7 Å². The third-order valence-electron chi connectivity index (χ3n) is 4.57. The van der Waals surface area contributed by atoms with E-state index in [2.05, 4.69) is 29.0 Å². The average Bonchev–Trinajstić information content (AvgIpc) is 2.64. The maximum Gasteiger partial charge on any atom is 0.257 e. The number of nitrogens with one attached hydrogen (secondary N) is 1. The maximum atomic E-state index is 12.8. The van der Waals surface area contributed by atoms with E-state index in [1.807, 2.05) is 38.1 Å². The Kier molecular flexibility index (Phi) is 7.11. The molecule has 0 aliphatic carbocycles. The minimum Gasteiger partial charge on any atom is -0.474 e. The molecule has 1 aromatic carbocycles. The molecule has 2 atom stereocenters. The van der Waals surface area contributed by atoms with Crippen molar-refractivity contribution in [2.45, 2.75) is 52.6 Å². The zero-order chi connectivity index (χ0) is 21.0. The zero-order valence-corrected chi connectivity index (χ0v) is 18.1.